The Morgan fingerprint density at radius 2 is 1.70 bits per heavy atom. The lowest BCUT2D eigenvalue weighted by Gasteiger charge is -2.57. The minimum atomic E-state index is -0.171. The summed E-state index contributed by atoms with van der Waals surface area (Å²) in [4.78, 5) is 0. The third kappa shape index (κ3) is 2.33. The lowest BCUT2D eigenvalue weighted by Crippen LogP contribution is -2.58. The van der Waals surface area contributed by atoms with Gasteiger partial charge in [-0.05, 0) is 74.0 Å². The van der Waals surface area contributed by atoms with Crippen molar-refractivity contribution in [1.29, 1.82) is 0 Å². The SMILES string of the molecule is Fc1ccc(CNC23CC4CC(CC(C4)C2)C3)c(Br)c1. The first kappa shape index (κ1) is 13.3. The summed E-state index contributed by atoms with van der Waals surface area (Å²) in [5, 5.41) is 3.85. The minimum absolute atomic E-state index is 0.171. The van der Waals surface area contributed by atoms with Gasteiger partial charge in [0.25, 0.3) is 0 Å². The fourth-order valence-electron chi connectivity index (χ4n) is 5.27. The summed E-state index contributed by atoms with van der Waals surface area (Å²) in [6, 6.07) is 5.02. The van der Waals surface area contributed by atoms with Crippen molar-refractivity contribution >= 4 is 15.9 Å². The zero-order valence-corrected chi connectivity index (χ0v) is 13.3. The van der Waals surface area contributed by atoms with Crippen molar-refractivity contribution < 1.29 is 4.39 Å². The molecular weight excluding hydrogens is 317 g/mol. The summed E-state index contributed by atoms with van der Waals surface area (Å²) in [5.41, 5.74) is 1.55. The van der Waals surface area contributed by atoms with Crippen molar-refractivity contribution in [2.24, 2.45) is 17.8 Å². The van der Waals surface area contributed by atoms with Gasteiger partial charge in [-0.1, -0.05) is 22.0 Å². The molecule has 4 saturated carbocycles. The number of hydrogen-bond acceptors (Lipinski definition) is 1. The molecule has 4 bridgehead atoms. The van der Waals surface area contributed by atoms with Crippen LogP contribution < -0.4 is 5.32 Å². The number of halogens is 2. The third-order valence-corrected chi connectivity index (χ3v) is 6.45. The zero-order valence-electron chi connectivity index (χ0n) is 11.7. The first-order valence-electron chi connectivity index (χ1n) is 7.81. The Morgan fingerprint density at radius 3 is 2.25 bits per heavy atom. The molecule has 1 aromatic rings. The Labute approximate surface area is 128 Å². The van der Waals surface area contributed by atoms with Crippen LogP contribution in [-0.4, -0.2) is 5.54 Å². The van der Waals surface area contributed by atoms with E-state index in [0.717, 1.165) is 28.8 Å². The summed E-state index contributed by atoms with van der Waals surface area (Å²) >= 11 is 3.48. The molecule has 0 heterocycles. The van der Waals surface area contributed by atoms with Gasteiger partial charge in [-0.2, -0.15) is 0 Å². The second kappa shape index (κ2) is 4.81. The Kier molecular flexibility index (Phi) is 3.19. The summed E-state index contributed by atoms with van der Waals surface area (Å²) in [6.07, 6.45) is 8.50. The van der Waals surface area contributed by atoms with Crippen LogP contribution in [0.2, 0.25) is 0 Å². The van der Waals surface area contributed by atoms with Gasteiger partial charge in [-0.3, -0.25) is 0 Å². The topological polar surface area (TPSA) is 12.0 Å². The van der Waals surface area contributed by atoms with Crippen LogP contribution >= 0.6 is 15.9 Å². The Balaban J connectivity index is 1.49. The van der Waals surface area contributed by atoms with Gasteiger partial charge in [0.2, 0.25) is 0 Å². The van der Waals surface area contributed by atoms with Crippen LogP contribution in [0.4, 0.5) is 4.39 Å². The van der Waals surface area contributed by atoms with Crippen LogP contribution in [0.5, 0.6) is 0 Å². The van der Waals surface area contributed by atoms with E-state index < -0.39 is 0 Å². The predicted octanol–water partition coefficient (Wildman–Crippen LogP) is 4.65. The van der Waals surface area contributed by atoms with E-state index >= 15 is 0 Å². The second-order valence-corrected chi connectivity index (χ2v) is 8.14. The van der Waals surface area contributed by atoms with E-state index in [4.69, 9.17) is 0 Å². The number of rotatable bonds is 3. The van der Waals surface area contributed by atoms with Crippen molar-refractivity contribution in [3.63, 3.8) is 0 Å². The summed E-state index contributed by atoms with van der Waals surface area (Å²) < 4.78 is 14.0. The molecule has 5 rings (SSSR count). The van der Waals surface area contributed by atoms with Crippen LogP contribution in [-0.2, 0) is 6.54 Å². The van der Waals surface area contributed by atoms with Crippen molar-refractivity contribution in [1.82, 2.24) is 5.32 Å². The Hall–Kier alpha value is -0.410. The normalized spacial score (nSPS) is 38.4. The van der Waals surface area contributed by atoms with Crippen molar-refractivity contribution in [3.05, 3.63) is 34.1 Å². The molecule has 3 heteroatoms. The molecule has 1 N–H and O–H groups in total. The van der Waals surface area contributed by atoms with E-state index in [-0.39, 0.29) is 5.82 Å². The predicted molar refractivity (Wildman–Crippen MR) is 81.8 cm³/mol. The fraction of sp³-hybridized carbons (Fsp3) is 0.647. The first-order valence-corrected chi connectivity index (χ1v) is 8.60. The van der Waals surface area contributed by atoms with Crippen molar-refractivity contribution in [3.8, 4) is 0 Å². The Morgan fingerprint density at radius 1 is 1.10 bits per heavy atom. The smallest absolute Gasteiger partial charge is 0.124 e. The van der Waals surface area contributed by atoms with Crippen LogP contribution in [0, 0.1) is 23.6 Å². The highest BCUT2D eigenvalue weighted by Crippen LogP contribution is 2.55. The molecule has 108 valence electrons. The minimum Gasteiger partial charge on any atom is -0.307 e. The van der Waals surface area contributed by atoms with E-state index in [1.54, 1.807) is 12.1 Å². The number of benzene rings is 1. The molecule has 0 amide bonds. The molecule has 0 saturated heterocycles. The molecule has 0 aliphatic heterocycles. The maximum atomic E-state index is 13.2. The van der Waals surface area contributed by atoms with Gasteiger partial charge in [-0.25, -0.2) is 4.39 Å². The molecule has 0 unspecified atom stereocenters. The summed E-state index contributed by atoms with van der Waals surface area (Å²) in [6.45, 7) is 0.854. The molecule has 4 aliphatic carbocycles. The largest absolute Gasteiger partial charge is 0.307 e. The maximum absolute atomic E-state index is 13.2. The molecule has 20 heavy (non-hydrogen) atoms. The van der Waals surface area contributed by atoms with Crippen molar-refractivity contribution in [2.75, 3.05) is 0 Å². The molecule has 1 nitrogen and oxygen atoms in total. The van der Waals surface area contributed by atoms with Gasteiger partial charge in [0.05, 0.1) is 0 Å². The molecule has 0 spiro atoms. The molecule has 4 fully saturated rings. The molecule has 0 radical (unpaired) electrons. The van der Waals surface area contributed by atoms with Gasteiger partial charge >= 0.3 is 0 Å². The van der Waals surface area contributed by atoms with Crippen LogP contribution in [0.25, 0.3) is 0 Å². The first-order chi connectivity index (χ1) is 9.62. The van der Waals surface area contributed by atoms with E-state index in [2.05, 4.69) is 21.2 Å². The van der Waals surface area contributed by atoms with E-state index in [1.807, 2.05) is 6.07 Å². The lowest BCUT2D eigenvalue weighted by atomic mass is 9.53. The lowest BCUT2D eigenvalue weighted by molar-refractivity contribution is -0.0206. The molecular formula is C17H21BrFN. The molecule has 4 aliphatic rings. The van der Waals surface area contributed by atoms with Gasteiger partial charge in [0, 0.05) is 16.6 Å². The van der Waals surface area contributed by atoms with Gasteiger partial charge in [-0.15, -0.1) is 0 Å². The quantitative estimate of drug-likeness (QED) is 0.846. The summed E-state index contributed by atoms with van der Waals surface area (Å²) in [5.74, 6) is 2.72. The monoisotopic (exact) mass is 337 g/mol. The highest BCUT2D eigenvalue weighted by Gasteiger charge is 2.50. The van der Waals surface area contributed by atoms with E-state index in [0.29, 0.717) is 5.54 Å². The average Bonchev–Trinajstić information content (AvgIpc) is 2.36. The average molecular weight is 338 g/mol. The maximum Gasteiger partial charge on any atom is 0.124 e. The van der Waals surface area contributed by atoms with Crippen molar-refractivity contribution in [2.45, 2.75) is 50.6 Å². The van der Waals surface area contributed by atoms with Crippen LogP contribution in [0.3, 0.4) is 0 Å². The molecule has 1 aromatic carbocycles. The molecule has 0 aromatic heterocycles. The van der Waals surface area contributed by atoms with E-state index in [9.17, 15) is 4.39 Å². The highest BCUT2D eigenvalue weighted by molar-refractivity contribution is 9.10. The van der Waals surface area contributed by atoms with Crippen LogP contribution in [0.15, 0.2) is 22.7 Å². The second-order valence-electron chi connectivity index (χ2n) is 7.29. The van der Waals surface area contributed by atoms with Gasteiger partial charge in [0.1, 0.15) is 5.82 Å². The number of hydrogen-bond donors (Lipinski definition) is 1. The van der Waals surface area contributed by atoms with Gasteiger partial charge in [0.15, 0.2) is 0 Å². The number of nitrogens with one attached hydrogen (secondary N) is 1. The Bertz CT molecular complexity index is 492. The van der Waals surface area contributed by atoms with E-state index in [1.165, 1.54) is 44.1 Å². The van der Waals surface area contributed by atoms with Crippen LogP contribution in [0.1, 0.15) is 44.1 Å². The standard InChI is InChI=1S/C17H21BrFN/c18-16-6-15(19)2-1-14(16)10-20-17-7-11-3-12(8-17)5-13(4-11)9-17/h1-2,6,11-13,20H,3-5,7-10H2. The highest BCUT2D eigenvalue weighted by atomic mass is 79.9. The fourth-order valence-corrected chi connectivity index (χ4v) is 5.77. The molecule has 0 atom stereocenters. The van der Waals surface area contributed by atoms with Gasteiger partial charge < -0.3 is 5.32 Å². The zero-order chi connectivity index (χ0) is 13.7. The summed E-state index contributed by atoms with van der Waals surface area (Å²) in [7, 11) is 0. The third-order valence-electron chi connectivity index (χ3n) is 5.71.